The molecule has 1 fully saturated rings. The molecular formula is C17H21F4NO2. The minimum absolute atomic E-state index is 0.0530. The van der Waals surface area contributed by atoms with Crippen LogP contribution in [-0.4, -0.2) is 40.8 Å². The molecule has 3 nitrogen and oxygen atoms in total. The SMILES string of the molecule is CC(CC(=O)N1CCC(O)(C(F)(F)F)CC1)Cc1cccc(F)c1. The second-order valence-electron chi connectivity index (χ2n) is 6.55. The molecule has 1 aliphatic rings. The first kappa shape index (κ1) is 18.7. The number of piperidine rings is 1. The number of amides is 1. The molecule has 0 bridgehead atoms. The number of carbonyl (C=O) groups is 1. The smallest absolute Gasteiger partial charge is 0.380 e. The standard InChI is InChI=1S/C17H21F4NO2/c1-12(9-13-3-2-4-14(18)11-13)10-15(23)22-7-5-16(24,6-8-22)17(19,20)21/h2-4,11-12,24H,5-10H2,1H3. The van der Waals surface area contributed by atoms with E-state index in [4.69, 9.17) is 0 Å². The Balaban J connectivity index is 1.85. The van der Waals surface area contributed by atoms with Crippen LogP contribution in [-0.2, 0) is 11.2 Å². The van der Waals surface area contributed by atoms with Crippen LogP contribution in [0.1, 0.15) is 31.7 Å². The maximum Gasteiger partial charge on any atom is 0.417 e. The van der Waals surface area contributed by atoms with E-state index in [9.17, 15) is 27.5 Å². The van der Waals surface area contributed by atoms with E-state index in [-0.39, 0.29) is 37.2 Å². The summed E-state index contributed by atoms with van der Waals surface area (Å²) in [6.45, 7) is 1.63. The van der Waals surface area contributed by atoms with Gasteiger partial charge < -0.3 is 10.0 Å². The summed E-state index contributed by atoms with van der Waals surface area (Å²) < 4.78 is 51.4. The lowest BCUT2D eigenvalue weighted by Gasteiger charge is -2.39. The van der Waals surface area contributed by atoms with Gasteiger partial charge in [0.15, 0.2) is 5.60 Å². The lowest BCUT2D eigenvalue weighted by molar-refractivity contribution is -0.272. The average Bonchev–Trinajstić information content (AvgIpc) is 2.46. The normalized spacial score (nSPS) is 19.2. The highest BCUT2D eigenvalue weighted by Crippen LogP contribution is 2.38. The average molecular weight is 347 g/mol. The molecule has 1 saturated heterocycles. The third-order valence-electron chi connectivity index (χ3n) is 4.47. The molecule has 24 heavy (non-hydrogen) atoms. The molecule has 1 aromatic rings. The molecule has 1 heterocycles. The topological polar surface area (TPSA) is 40.5 Å². The van der Waals surface area contributed by atoms with Gasteiger partial charge in [-0.15, -0.1) is 0 Å². The number of rotatable bonds is 4. The zero-order chi connectivity index (χ0) is 18.0. The predicted molar refractivity (Wildman–Crippen MR) is 80.7 cm³/mol. The Labute approximate surface area is 138 Å². The van der Waals surface area contributed by atoms with E-state index in [2.05, 4.69) is 0 Å². The summed E-state index contributed by atoms with van der Waals surface area (Å²) in [6.07, 6.45) is -4.97. The van der Waals surface area contributed by atoms with Crippen molar-refractivity contribution >= 4 is 5.91 Å². The van der Waals surface area contributed by atoms with Gasteiger partial charge in [0.2, 0.25) is 5.91 Å². The van der Waals surface area contributed by atoms with Crippen molar-refractivity contribution in [3.8, 4) is 0 Å². The van der Waals surface area contributed by atoms with Crippen molar-refractivity contribution in [2.75, 3.05) is 13.1 Å². The molecule has 1 unspecified atom stereocenters. The third-order valence-corrected chi connectivity index (χ3v) is 4.47. The largest absolute Gasteiger partial charge is 0.417 e. The Hall–Kier alpha value is -1.63. The summed E-state index contributed by atoms with van der Waals surface area (Å²) in [5.74, 6) is -0.626. The molecule has 7 heteroatoms. The second-order valence-corrected chi connectivity index (χ2v) is 6.55. The molecule has 2 rings (SSSR count). The number of likely N-dealkylation sites (tertiary alicyclic amines) is 1. The summed E-state index contributed by atoms with van der Waals surface area (Å²) >= 11 is 0. The number of carbonyl (C=O) groups excluding carboxylic acids is 1. The molecular weight excluding hydrogens is 326 g/mol. The van der Waals surface area contributed by atoms with Gasteiger partial charge >= 0.3 is 6.18 Å². The molecule has 1 aromatic carbocycles. The predicted octanol–water partition coefficient (Wildman–Crippen LogP) is 3.31. The fourth-order valence-corrected chi connectivity index (χ4v) is 2.98. The Morgan fingerprint density at radius 1 is 1.33 bits per heavy atom. The van der Waals surface area contributed by atoms with Crippen molar-refractivity contribution < 1.29 is 27.5 Å². The highest BCUT2D eigenvalue weighted by atomic mass is 19.4. The maximum absolute atomic E-state index is 13.1. The van der Waals surface area contributed by atoms with Gasteiger partial charge in [-0.2, -0.15) is 13.2 Å². The zero-order valence-electron chi connectivity index (χ0n) is 13.4. The molecule has 1 N–H and O–H groups in total. The van der Waals surface area contributed by atoms with E-state index in [1.165, 1.54) is 17.0 Å². The maximum atomic E-state index is 13.1. The van der Waals surface area contributed by atoms with Crippen LogP contribution in [0.15, 0.2) is 24.3 Å². The van der Waals surface area contributed by atoms with Crippen LogP contribution in [0.25, 0.3) is 0 Å². The van der Waals surface area contributed by atoms with E-state index >= 15 is 0 Å². The van der Waals surface area contributed by atoms with E-state index in [1.807, 2.05) is 6.92 Å². The summed E-state index contributed by atoms with van der Waals surface area (Å²) in [7, 11) is 0. The van der Waals surface area contributed by atoms with Crippen LogP contribution in [0, 0.1) is 11.7 Å². The van der Waals surface area contributed by atoms with Gasteiger partial charge in [-0.05, 0) is 30.0 Å². The molecule has 134 valence electrons. The second kappa shape index (κ2) is 7.09. The molecule has 0 radical (unpaired) electrons. The van der Waals surface area contributed by atoms with E-state index < -0.39 is 24.6 Å². The number of alkyl halides is 3. The Morgan fingerprint density at radius 2 is 1.96 bits per heavy atom. The molecule has 1 aliphatic heterocycles. The van der Waals surface area contributed by atoms with Crippen LogP contribution in [0.3, 0.4) is 0 Å². The van der Waals surface area contributed by atoms with Crippen molar-refractivity contribution in [2.45, 2.75) is 44.4 Å². The molecule has 0 aromatic heterocycles. The van der Waals surface area contributed by atoms with Gasteiger partial charge in [-0.25, -0.2) is 4.39 Å². The van der Waals surface area contributed by atoms with E-state index in [0.29, 0.717) is 6.42 Å². The van der Waals surface area contributed by atoms with Gasteiger partial charge in [0.05, 0.1) is 0 Å². The Kier molecular flexibility index (Phi) is 5.52. The van der Waals surface area contributed by atoms with Gasteiger partial charge in [-0.1, -0.05) is 19.1 Å². The van der Waals surface area contributed by atoms with Crippen molar-refractivity contribution in [1.29, 1.82) is 0 Å². The molecule has 1 atom stereocenters. The fraction of sp³-hybridized carbons (Fsp3) is 0.588. The number of nitrogens with zero attached hydrogens (tertiary/aromatic N) is 1. The fourth-order valence-electron chi connectivity index (χ4n) is 2.98. The summed E-state index contributed by atoms with van der Waals surface area (Å²) in [5.41, 5.74) is -1.92. The zero-order valence-corrected chi connectivity index (χ0v) is 13.4. The monoisotopic (exact) mass is 347 g/mol. The summed E-state index contributed by atoms with van der Waals surface area (Å²) in [5, 5.41) is 9.61. The number of hydrogen-bond donors (Lipinski definition) is 1. The molecule has 0 saturated carbocycles. The quantitative estimate of drug-likeness (QED) is 0.849. The Morgan fingerprint density at radius 3 is 2.50 bits per heavy atom. The van der Waals surface area contributed by atoms with Crippen LogP contribution in [0.2, 0.25) is 0 Å². The Bertz CT molecular complexity index is 580. The summed E-state index contributed by atoms with van der Waals surface area (Å²) in [4.78, 5) is 13.6. The number of halogens is 4. The van der Waals surface area contributed by atoms with Crippen LogP contribution in [0.4, 0.5) is 17.6 Å². The van der Waals surface area contributed by atoms with E-state index in [1.54, 1.807) is 12.1 Å². The third kappa shape index (κ3) is 4.47. The van der Waals surface area contributed by atoms with Crippen LogP contribution >= 0.6 is 0 Å². The lowest BCUT2D eigenvalue weighted by Crippen LogP contribution is -2.54. The first-order valence-corrected chi connectivity index (χ1v) is 7.92. The highest BCUT2D eigenvalue weighted by molar-refractivity contribution is 5.76. The van der Waals surface area contributed by atoms with Crippen molar-refractivity contribution in [3.63, 3.8) is 0 Å². The summed E-state index contributed by atoms with van der Waals surface area (Å²) in [6, 6.07) is 6.12. The number of benzene rings is 1. The van der Waals surface area contributed by atoms with Crippen molar-refractivity contribution in [1.82, 2.24) is 4.90 Å². The van der Waals surface area contributed by atoms with Gasteiger partial charge in [0.1, 0.15) is 5.82 Å². The molecule has 0 aliphatic carbocycles. The first-order valence-electron chi connectivity index (χ1n) is 7.92. The van der Waals surface area contributed by atoms with Gasteiger partial charge in [0, 0.05) is 32.4 Å². The molecule has 0 spiro atoms. The highest BCUT2D eigenvalue weighted by Gasteiger charge is 2.54. The van der Waals surface area contributed by atoms with Crippen LogP contribution in [0.5, 0.6) is 0 Å². The van der Waals surface area contributed by atoms with Crippen molar-refractivity contribution in [2.24, 2.45) is 5.92 Å². The minimum atomic E-state index is -4.67. The van der Waals surface area contributed by atoms with E-state index in [0.717, 1.165) is 5.56 Å². The van der Waals surface area contributed by atoms with Crippen LogP contribution < -0.4 is 0 Å². The number of hydrogen-bond acceptors (Lipinski definition) is 2. The van der Waals surface area contributed by atoms with Gasteiger partial charge in [-0.3, -0.25) is 4.79 Å². The van der Waals surface area contributed by atoms with Crippen molar-refractivity contribution in [3.05, 3.63) is 35.6 Å². The number of aliphatic hydroxyl groups is 1. The molecule has 1 amide bonds. The minimum Gasteiger partial charge on any atom is -0.380 e. The van der Waals surface area contributed by atoms with Gasteiger partial charge in [0.25, 0.3) is 0 Å². The first-order chi connectivity index (χ1) is 11.1. The lowest BCUT2D eigenvalue weighted by atomic mass is 9.90.